The Kier molecular flexibility index (Phi) is 5.11. The predicted octanol–water partition coefficient (Wildman–Crippen LogP) is 1.17. The van der Waals surface area contributed by atoms with Gasteiger partial charge in [0.25, 0.3) is 0 Å². The first kappa shape index (κ1) is 15.7. The minimum atomic E-state index is -3.53. The van der Waals surface area contributed by atoms with Crippen LogP contribution in [0.15, 0.2) is 35.6 Å². The molecular formula is C14H20N4O2S. The summed E-state index contributed by atoms with van der Waals surface area (Å²) in [5, 5.41) is 3.06. The molecule has 114 valence electrons. The van der Waals surface area contributed by atoms with Crippen LogP contribution in [0.5, 0.6) is 0 Å². The number of aromatic nitrogens is 2. The molecule has 21 heavy (non-hydrogen) atoms. The molecule has 0 aliphatic rings. The predicted molar refractivity (Wildman–Crippen MR) is 81.2 cm³/mol. The molecule has 7 heteroatoms. The number of nitrogens with zero attached hydrogens (tertiary/aromatic N) is 1. The van der Waals surface area contributed by atoms with Gasteiger partial charge in [0, 0.05) is 18.4 Å². The van der Waals surface area contributed by atoms with Crippen LogP contribution >= 0.6 is 0 Å². The third-order valence-corrected chi connectivity index (χ3v) is 4.64. The monoisotopic (exact) mass is 308 g/mol. The van der Waals surface area contributed by atoms with Crippen molar-refractivity contribution in [2.45, 2.75) is 31.3 Å². The number of aryl methyl sites for hydroxylation is 1. The van der Waals surface area contributed by atoms with Crippen molar-refractivity contribution in [3.63, 3.8) is 0 Å². The van der Waals surface area contributed by atoms with Crippen LogP contribution in [0.1, 0.15) is 23.7 Å². The van der Waals surface area contributed by atoms with Crippen LogP contribution in [-0.2, 0) is 29.5 Å². The first-order chi connectivity index (χ1) is 10.1. The van der Waals surface area contributed by atoms with Gasteiger partial charge in [-0.1, -0.05) is 13.0 Å². The molecule has 0 bridgehead atoms. The highest BCUT2D eigenvalue weighted by molar-refractivity contribution is 7.89. The lowest BCUT2D eigenvalue weighted by molar-refractivity contribution is 0.580. The Labute approximate surface area is 125 Å². The minimum absolute atomic E-state index is 0.194. The van der Waals surface area contributed by atoms with E-state index in [0.717, 1.165) is 23.2 Å². The van der Waals surface area contributed by atoms with Crippen LogP contribution in [0.4, 0.5) is 0 Å². The van der Waals surface area contributed by atoms with E-state index >= 15 is 0 Å². The number of benzene rings is 1. The highest BCUT2D eigenvalue weighted by Crippen LogP contribution is 2.17. The van der Waals surface area contributed by atoms with Crippen molar-refractivity contribution in [3.05, 3.63) is 47.5 Å². The molecule has 0 saturated heterocycles. The number of H-pyrrole nitrogens is 1. The molecule has 0 saturated carbocycles. The van der Waals surface area contributed by atoms with Crippen LogP contribution in [0.25, 0.3) is 0 Å². The van der Waals surface area contributed by atoms with Crippen LogP contribution in [-0.4, -0.2) is 25.4 Å². The number of nitrogens with one attached hydrogen (secondary N) is 3. The molecule has 0 fully saturated rings. The summed E-state index contributed by atoms with van der Waals surface area (Å²) in [5.74, 6) is 0. The van der Waals surface area contributed by atoms with E-state index in [1.54, 1.807) is 18.3 Å². The van der Waals surface area contributed by atoms with Gasteiger partial charge in [0.15, 0.2) is 0 Å². The van der Waals surface area contributed by atoms with Gasteiger partial charge in [-0.25, -0.2) is 18.1 Å². The minimum Gasteiger partial charge on any atom is -0.347 e. The van der Waals surface area contributed by atoms with Gasteiger partial charge in [0.2, 0.25) is 10.0 Å². The zero-order chi connectivity index (χ0) is 15.3. The Morgan fingerprint density at radius 2 is 2.05 bits per heavy atom. The maximum absolute atomic E-state index is 12.3. The fraction of sp³-hybridized carbons (Fsp3) is 0.357. The van der Waals surface area contributed by atoms with E-state index in [1.165, 1.54) is 6.33 Å². The maximum Gasteiger partial charge on any atom is 0.240 e. The molecule has 1 aromatic heterocycles. The summed E-state index contributed by atoms with van der Waals surface area (Å²) in [4.78, 5) is 7.00. The van der Waals surface area contributed by atoms with Crippen molar-refractivity contribution in [1.29, 1.82) is 0 Å². The molecule has 6 nitrogen and oxygen atoms in total. The Balaban J connectivity index is 2.20. The Bertz CT molecular complexity index is 681. The first-order valence-electron chi connectivity index (χ1n) is 6.80. The second-order valence-electron chi connectivity index (χ2n) is 4.72. The summed E-state index contributed by atoms with van der Waals surface area (Å²) in [6.45, 7) is 2.89. The van der Waals surface area contributed by atoms with Crippen molar-refractivity contribution < 1.29 is 8.42 Å². The third-order valence-electron chi connectivity index (χ3n) is 3.24. The van der Waals surface area contributed by atoms with Crippen molar-refractivity contribution in [2.75, 3.05) is 7.05 Å². The van der Waals surface area contributed by atoms with E-state index in [0.29, 0.717) is 6.54 Å². The molecule has 1 heterocycles. The van der Waals surface area contributed by atoms with E-state index in [4.69, 9.17) is 0 Å². The summed E-state index contributed by atoms with van der Waals surface area (Å²) in [6, 6.07) is 5.25. The van der Waals surface area contributed by atoms with Crippen molar-refractivity contribution in [3.8, 4) is 0 Å². The molecule has 0 spiro atoms. The third kappa shape index (κ3) is 3.90. The lowest BCUT2D eigenvalue weighted by Crippen LogP contribution is -2.24. The van der Waals surface area contributed by atoms with Gasteiger partial charge in [0.05, 0.1) is 17.8 Å². The molecule has 2 rings (SSSR count). The number of imidazole rings is 1. The van der Waals surface area contributed by atoms with E-state index in [1.807, 2.05) is 13.1 Å². The zero-order valence-electron chi connectivity index (χ0n) is 12.2. The standard InChI is InChI=1S/C14H20N4O2S/c1-3-11-4-5-14(6-12(11)7-15-2)21(19,20)18-9-13-8-16-10-17-13/h4-6,8,10,15,18H,3,7,9H2,1-2H3,(H,16,17). The molecule has 0 unspecified atom stereocenters. The Hall–Kier alpha value is -1.70. The van der Waals surface area contributed by atoms with Gasteiger partial charge >= 0.3 is 0 Å². The molecule has 0 amide bonds. The van der Waals surface area contributed by atoms with Crippen LogP contribution < -0.4 is 10.0 Å². The molecule has 0 radical (unpaired) electrons. The maximum atomic E-state index is 12.3. The average molecular weight is 308 g/mol. The van der Waals surface area contributed by atoms with E-state index in [2.05, 4.69) is 26.9 Å². The van der Waals surface area contributed by atoms with Gasteiger partial charge in [0.1, 0.15) is 0 Å². The molecule has 2 aromatic rings. The van der Waals surface area contributed by atoms with Crippen molar-refractivity contribution in [1.82, 2.24) is 20.0 Å². The van der Waals surface area contributed by atoms with Crippen LogP contribution in [0.2, 0.25) is 0 Å². The van der Waals surface area contributed by atoms with Gasteiger partial charge in [-0.2, -0.15) is 0 Å². The zero-order valence-corrected chi connectivity index (χ0v) is 13.0. The molecule has 0 atom stereocenters. The smallest absolute Gasteiger partial charge is 0.240 e. The van der Waals surface area contributed by atoms with Gasteiger partial charge in [-0.05, 0) is 36.7 Å². The van der Waals surface area contributed by atoms with Crippen molar-refractivity contribution >= 4 is 10.0 Å². The molecular weight excluding hydrogens is 288 g/mol. The Morgan fingerprint density at radius 1 is 1.24 bits per heavy atom. The van der Waals surface area contributed by atoms with E-state index in [-0.39, 0.29) is 11.4 Å². The summed E-state index contributed by atoms with van der Waals surface area (Å²) in [7, 11) is -1.68. The quantitative estimate of drug-likeness (QED) is 0.716. The van der Waals surface area contributed by atoms with Gasteiger partial charge in [-0.15, -0.1) is 0 Å². The number of hydrogen-bond acceptors (Lipinski definition) is 4. The molecule has 1 aromatic carbocycles. The number of rotatable bonds is 7. The SMILES string of the molecule is CCc1ccc(S(=O)(=O)NCc2cnc[nH]2)cc1CNC. The topological polar surface area (TPSA) is 86.9 Å². The molecule has 0 aliphatic carbocycles. The summed E-state index contributed by atoms with van der Waals surface area (Å²) < 4.78 is 27.2. The van der Waals surface area contributed by atoms with E-state index in [9.17, 15) is 8.42 Å². The molecule has 3 N–H and O–H groups in total. The van der Waals surface area contributed by atoms with Gasteiger partial charge in [-0.3, -0.25) is 0 Å². The lowest BCUT2D eigenvalue weighted by Gasteiger charge is -2.11. The second kappa shape index (κ2) is 6.84. The van der Waals surface area contributed by atoms with Crippen molar-refractivity contribution in [2.24, 2.45) is 0 Å². The first-order valence-corrected chi connectivity index (χ1v) is 8.28. The fourth-order valence-electron chi connectivity index (χ4n) is 2.11. The number of hydrogen-bond donors (Lipinski definition) is 3. The number of aromatic amines is 1. The van der Waals surface area contributed by atoms with Gasteiger partial charge < -0.3 is 10.3 Å². The van der Waals surface area contributed by atoms with E-state index < -0.39 is 10.0 Å². The summed E-state index contributed by atoms with van der Waals surface area (Å²) in [5.41, 5.74) is 2.88. The lowest BCUT2D eigenvalue weighted by atomic mass is 10.1. The largest absolute Gasteiger partial charge is 0.347 e. The Morgan fingerprint density at radius 3 is 2.67 bits per heavy atom. The highest BCUT2D eigenvalue weighted by Gasteiger charge is 2.15. The normalized spacial score (nSPS) is 11.7. The fourth-order valence-corrected chi connectivity index (χ4v) is 3.16. The molecule has 0 aliphatic heterocycles. The second-order valence-corrected chi connectivity index (χ2v) is 6.48. The average Bonchev–Trinajstić information content (AvgIpc) is 2.99. The van der Waals surface area contributed by atoms with Crippen LogP contribution in [0.3, 0.4) is 0 Å². The van der Waals surface area contributed by atoms with Crippen LogP contribution in [0, 0.1) is 0 Å². The highest BCUT2D eigenvalue weighted by atomic mass is 32.2. The summed E-state index contributed by atoms with van der Waals surface area (Å²) >= 11 is 0. The number of sulfonamides is 1. The summed E-state index contributed by atoms with van der Waals surface area (Å²) in [6.07, 6.45) is 3.98.